The number of thiazole rings is 1. The molecule has 110 valence electrons. The van der Waals surface area contributed by atoms with E-state index in [1.807, 2.05) is 0 Å². The number of hydrogen-bond acceptors (Lipinski definition) is 6. The largest absolute Gasteiger partial charge is 0.462 e. The Morgan fingerprint density at radius 3 is 2.81 bits per heavy atom. The van der Waals surface area contributed by atoms with Crippen molar-refractivity contribution in [2.45, 2.75) is 13.8 Å². The number of hydrogen-bond donors (Lipinski definition) is 2. The van der Waals surface area contributed by atoms with Gasteiger partial charge in [0.15, 0.2) is 5.13 Å². The van der Waals surface area contributed by atoms with Gasteiger partial charge in [0.1, 0.15) is 10.7 Å². The molecule has 2 aromatic heterocycles. The first-order valence-corrected chi connectivity index (χ1v) is 7.05. The summed E-state index contributed by atoms with van der Waals surface area (Å²) >= 11 is 1.07. The maximum Gasteiger partial charge on any atom is 0.350 e. The number of ether oxygens (including phenoxy) is 1. The molecule has 0 bridgehead atoms. The Morgan fingerprint density at radius 1 is 1.33 bits per heavy atom. The van der Waals surface area contributed by atoms with Crippen LogP contribution in [-0.2, 0) is 4.74 Å². The molecule has 0 radical (unpaired) electrons. The summed E-state index contributed by atoms with van der Waals surface area (Å²) in [7, 11) is 0. The summed E-state index contributed by atoms with van der Waals surface area (Å²) in [5.74, 6) is -0.0143. The Kier molecular flexibility index (Phi) is 4.83. The van der Waals surface area contributed by atoms with E-state index in [1.54, 1.807) is 38.2 Å². The molecule has 2 rings (SSSR count). The first-order valence-electron chi connectivity index (χ1n) is 6.23. The lowest BCUT2D eigenvalue weighted by Gasteiger charge is -2.03. The van der Waals surface area contributed by atoms with Crippen molar-refractivity contribution in [2.75, 3.05) is 17.2 Å². The van der Waals surface area contributed by atoms with Gasteiger partial charge in [-0.05, 0) is 26.0 Å². The molecule has 0 atom stereocenters. The number of carbonyl (C=O) groups excluding carboxylic acids is 2. The van der Waals surface area contributed by atoms with Gasteiger partial charge in [0, 0.05) is 6.20 Å². The molecule has 0 aromatic carbocycles. The van der Waals surface area contributed by atoms with Crippen LogP contribution in [0.3, 0.4) is 0 Å². The zero-order valence-corrected chi connectivity index (χ0v) is 12.4. The van der Waals surface area contributed by atoms with Crippen molar-refractivity contribution in [1.29, 1.82) is 0 Å². The first kappa shape index (κ1) is 14.9. The lowest BCUT2D eigenvalue weighted by atomic mass is 10.4. The van der Waals surface area contributed by atoms with Crippen molar-refractivity contribution < 1.29 is 14.3 Å². The van der Waals surface area contributed by atoms with E-state index in [0.29, 0.717) is 28.1 Å². The van der Waals surface area contributed by atoms with Crippen molar-refractivity contribution in [1.82, 2.24) is 9.97 Å². The summed E-state index contributed by atoms with van der Waals surface area (Å²) in [4.78, 5) is 31.9. The number of esters is 1. The van der Waals surface area contributed by atoms with Crippen LogP contribution < -0.4 is 10.6 Å². The highest BCUT2D eigenvalue weighted by atomic mass is 32.1. The molecule has 0 saturated carbocycles. The molecule has 7 nitrogen and oxygen atoms in total. The third kappa shape index (κ3) is 3.99. The number of carbonyl (C=O) groups is 2. The van der Waals surface area contributed by atoms with E-state index in [2.05, 4.69) is 20.6 Å². The fraction of sp³-hybridized carbons (Fsp3) is 0.231. The van der Waals surface area contributed by atoms with E-state index in [-0.39, 0.29) is 0 Å². The van der Waals surface area contributed by atoms with E-state index >= 15 is 0 Å². The summed E-state index contributed by atoms with van der Waals surface area (Å²) in [5, 5.41) is 5.44. The molecule has 2 N–H and O–H groups in total. The molecule has 2 heterocycles. The third-order valence-electron chi connectivity index (χ3n) is 2.38. The number of nitrogens with one attached hydrogen (secondary N) is 2. The maximum absolute atomic E-state index is 11.8. The molecule has 0 spiro atoms. The number of anilines is 2. The first-order chi connectivity index (χ1) is 10.1. The smallest absolute Gasteiger partial charge is 0.350 e. The second kappa shape index (κ2) is 6.80. The number of pyridine rings is 1. The predicted molar refractivity (Wildman–Crippen MR) is 79.7 cm³/mol. The number of urea groups is 1. The van der Waals surface area contributed by atoms with Crippen LogP contribution in [0.15, 0.2) is 24.4 Å². The standard InChI is InChI=1S/C13H14N4O3S/c1-3-20-11(18)10-8(2)15-13(21-10)17-12(19)16-9-6-4-5-7-14-9/h4-7H,3H2,1-2H3,(H2,14,15,16,17,19). The van der Waals surface area contributed by atoms with Crippen molar-refractivity contribution in [3.63, 3.8) is 0 Å². The van der Waals surface area contributed by atoms with Gasteiger partial charge in [-0.25, -0.2) is 19.6 Å². The molecule has 8 heteroatoms. The van der Waals surface area contributed by atoms with Crippen molar-refractivity contribution in [3.05, 3.63) is 35.0 Å². The molecule has 0 aliphatic rings. The fourth-order valence-electron chi connectivity index (χ4n) is 1.52. The monoisotopic (exact) mass is 306 g/mol. The fourth-order valence-corrected chi connectivity index (χ4v) is 2.37. The minimum atomic E-state index is -0.474. The second-order valence-electron chi connectivity index (χ2n) is 3.95. The lowest BCUT2D eigenvalue weighted by Crippen LogP contribution is -2.19. The molecule has 0 fully saturated rings. The average molecular weight is 306 g/mol. The van der Waals surface area contributed by atoms with Crippen molar-refractivity contribution in [2.24, 2.45) is 0 Å². The summed E-state index contributed by atoms with van der Waals surface area (Å²) < 4.78 is 4.92. The Balaban J connectivity index is 2.01. The van der Waals surface area contributed by atoms with E-state index in [4.69, 9.17) is 4.74 Å². The Labute approximate surface area is 125 Å². The van der Waals surface area contributed by atoms with Crippen LogP contribution in [-0.4, -0.2) is 28.6 Å². The van der Waals surface area contributed by atoms with Gasteiger partial charge in [0.25, 0.3) is 0 Å². The molecule has 0 aliphatic heterocycles. The number of aryl methyl sites for hydroxylation is 1. The number of rotatable bonds is 4. The van der Waals surface area contributed by atoms with E-state index in [1.165, 1.54) is 0 Å². The highest BCUT2D eigenvalue weighted by Gasteiger charge is 2.17. The molecule has 2 aromatic rings. The van der Waals surface area contributed by atoms with Crippen LogP contribution in [0.1, 0.15) is 22.3 Å². The van der Waals surface area contributed by atoms with E-state index in [9.17, 15) is 9.59 Å². The summed E-state index contributed by atoms with van der Waals surface area (Å²) in [6.45, 7) is 3.71. The van der Waals surface area contributed by atoms with Gasteiger partial charge in [-0.3, -0.25) is 10.6 Å². The third-order valence-corrected chi connectivity index (χ3v) is 3.44. The van der Waals surface area contributed by atoms with Gasteiger partial charge >= 0.3 is 12.0 Å². The predicted octanol–water partition coefficient (Wildman–Crippen LogP) is 2.67. The molecule has 0 saturated heterocycles. The molecule has 0 unspecified atom stereocenters. The zero-order valence-electron chi connectivity index (χ0n) is 11.5. The highest BCUT2D eigenvalue weighted by Crippen LogP contribution is 2.23. The minimum Gasteiger partial charge on any atom is -0.462 e. The molecule has 21 heavy (non-hydrogen) atoms. The number of nitrogens with zero attached hydrogens (tertiary/aromatic N) is 2. The summed E-state index contributed by atoms with van der Waals surface area (Å²) in [6, 6.07) is 4.70. The Morgan fingerprint density at radius 2 is 2.14 bits per heavy atom. The van der Waals surface area contributed by atoms with Gasteiger partial charge in [0.05, 0.1) is 12.3 Å². The van der Waals surface area contributed by atoms with Crippen LogP contribution in [0.4, 0.5) is 15.7 Å². The van der Waals surface area contributed by atoms with Gasteiger partial charge < -0.3 is 4.74 Å². The Bertz CT molecular complexity index is 642. The molecular weight excluding hydrogens is 292 g/mol. The number of amides is 2. The summed E-state index contributed by atoms with van der Waals surface area (Å²) in [5.41, 5.74) is 0.520. The SMILES string of the molecule is CCOC(=O)c1sc(NC(=O)Nc2ccccn2)nc1C. The zero-order chi connectivity index (χ0) is 15.2. The Hall–Kier alpha value is -2.48. The van der Waals surface area contributed by atoms with Gasteiger partial charge in [-0.15, -0.1) is 0 Å². The minimum absolute atomic E-state index is 0.291. The lowest BCUT2D eigenvalue weighted by molar-refractivity contribution is 0.0531. The highest BCUT2D eigenvalue weighted by molar-refractivity contribution is 7.17. The van der Waals surface area contributed by atoms with Crippen molar-refractivity contribution >= 4 is 34.3 Å². The topological polar surface area (TPSA) is 93.2 Å². The normalized spacial score (nSPS) is 10.0. The van der Waals surface area contributed by atoms with Crippen LogP contribution in [0.2, 0.25) is 0 Å². The van der Waals surface area contributed by atoms with Gasteiger partial charge in [0.2, 0.25) is 0 Å². The van der Waals surface area contributed by atoms with Crippen LogP contribution >= 0.6 is 11.3 Å². The molecule has 0 aliphatic carbocycles. The maximum atomic E-state index is 11.8. The summed E-state index contributed by atoms with van der Waals surface area (Å²) in [6.07, 6.45) is 1.57. The van der Waals surface area contributed by atoms with Gasteiger partial charge in [-0.2, -0.15) is 0 Å². The van der Waals surface area contributed by atoms with Gasteiger partial charge in [-0.1, -0.05) is 17.4 Å². The van der Waals surface area contributed by atoms with E-state index in [0.717, 1.165) is 11.3 Å². The molecule has 2 amide bonds. The number of aromatic nitrogens is 2. The van der Waals surface area contributed by atoms with Crippen molar-refractivity contribution in [3.8, 4) is 0 Å². The quantitative estimate of drug-likeness (QED) is 0.847. The molecular formula is C13H14N4O3S. The van der Waals surface area contributed by atoms with Crippen LogP contribution in [0, 0.1) is 6.92 Å². The van der Waals surface area contributed by atoms with E-state index < -0.39 is 12.0 Å². The van der Waals surface area contributed by atoms with Crippen LogP contribution in [0.25, 0.3) is 0 Å². The average Bonchev–Trinajstić information content (AvgIpc) is 2.80. The van der Waals surface area contributed by atoms with Crippen LogP contribution in [0.5, 0.6) is 0 Å². The second-order valence-corrected chi connectivity index (χ2v) is 4.95.